The predicted octanol–water partition coefficient (Wildman–Crippen LogP) is 3.53. The standard InChI is InChI=1S/C21H28F2N2O3/c1-28-19(27)20(10-12-24-13-11-20)15-18(26)25(16-6-3-2-4-7-16)17-8-5-9-21(22,23)14-17/h2-4,6-7,17,24H,5,8-15H2,1H3/t17-/m1/s1. The summed E-state index contributed by atoms with van der Waals surface area (Å²) < 4.78 is 33.2. The molecule has 1 N–H and O–H groups in total. The second-order valence-corrected chi connectivity index (χ2v) is 7.90. The van der Waals surface area contributed by atoms with E-state index in [2.05, 4.69) is 5.32 Å². The smallest absolute Gasteiger partial charge is 0.312 e. The molecule has 0 radical (unpaired) electrons. The van der Waals surface area contributed by atoms with Gasteiger partial charge in [0.15, 0.2) is 0 Å². The molecule has 1 aromatic carbocycles. The summed E-state index contributed by atoms with van der Waals surface area (Å²) in [5, 5.41) is 3.19. The van der Waals surface area contributed by atoms with Crippen LogP contribution in [-0.2, 0) is 14.3 Å². The molecular weight excluding hydrogens is 366 g/mol. The molecule has 7 heteroatoms. The molecule has 5 nitrogen and oxygen atoms in total. The Bertz CT molecular complexity index is 690. The first-order valence-corrected chi connectivity index (χ1v) is 9.91. The Morgan fingerprint density at radius 1 is 1.18 bits per heavy atom. The maximum absolute atomic E-state index is 14.1. The quantitative estimate of drug-likeness (QED) is 0.777. The zero-order valence-corrected chi connectivity index (χ0v) is 16.3. The summed E-state index contributed by atoms with van der Waals surface area (Å²) in [6, 6.07) is 8.35. The number of methoxy groups -OCH3 is 1. The van der Waals surface area contributed by atoms with Crippen LogP contribution in [0.4, 0.5) is 14.5 Å². The number of nitrogens with zero attached hydrogens (tertiary/aromatic N) is 1. The van der Waals surface area contributed by atoms with E-state index in [0.29, 0.717) is 44.5 Å². The van der Waals surface area contributed by atoms with E-state index in [1.54, 1.807) is 24.3 Å². The van der Waals surface area contributed by atoms with Crippen LogP contribution in [0.5, 0.6) is 0 Å². The zero-order valence-electron chi connectivity index (χ0n) is 16.3. The number of rotatable bonds is 5. The topological polar surface area (TPSA) is 58.6 Å². The van der Waals surface area contributed by atoms with Crippen LogP contribution in [0.2, 0.25) is 0 Å². The van der Waals surface area contributed by atoms with E-state index in [9.17, 15) is 18.4 Å². The molecule has 1 heterocycles. The van der Waals surface area contributed by atoms with Crippen molar-refractivity contribution in [3.8, 4) is 0 Å². The molecule has 0 spiro atoms. The van der Waals surface area contributed by atoms with Crippen LogP contribution in [0.3, 0.4) is 0 Å². The van der Waals surface area contributed by atoms with E-state index in [1.807, 2.05) is 6.07 Å². The number of piperidine rings is 1. The second-order valence-electron chi connectivity index (χ2n) is 7.90. The molecule has 154 valence electrons. The lowest BCUT2D eigenvalue weighted by Gasteiger charge is -2.40. The molecule has 0 aromatic heterocycles. The maximum atomic E-state index is 14.1. The average Bonchev–Trinajstić information content (AvgIpc) is 2.68. The third kappa shape index (κ3) is 4.51. The van der Waals surface area contributed by atoms with Crippen LogP contribution in [-0.4, -0.2) is 44.0 Å². The molecule has 1 aliphatic carbocycles. The van der Waals surface area contributed by atoms with Crippen molar-refractivity contribution in [3.63, 3.8) is 0 Å². The van der Waals surface area contributed by atoms with Crippen LogP contribution in [0.1, 0.15) is 44.9 Å². The molecule has 1 atom stereocenters. The third-order valence-electron chi connectivity index (χ3n) is 5.95. The number of amides is 1. The van der Waals surface area contributed by atoms with Crippen molar-refractivity contribution < 1.29 is 23.1 Å². The van der Waals surface area contributed by atoms with Crippen LogP contribution in [0.15, 0.2) is 30.3 Å². The molecule has 0 unspecified atom stereocenters. The molecule has 1 aromatic rings. The monoisotopic (exact) mass is 394 g/mol. The Balaban J connectivity index is 1.89. The van der Waals surface area contributed by atoms with Crippen molar-refractivity contribution >= 4 is 17.6 Å². The first-order chi connectivity index (χ1) is 13.4. The minimum absolute atomic E-state index is 0.0294. The Labute approximate surface area is 164 Å². The van der Waals surface area contributed by atoms with Crippen LogP contribution in [0, 0.1) is 5.41 Å². The lowest BCUT2D eigenvalue weighted by atomic mass is 9.75. The van der Waals surface area contributed by atoms with Gasteiger partial charge in [-0.25, -0.2) is 8.78 Å². The number of ether oxygens (including phenoxy) is 1. The fourth-order valence-electron chi connectivity index (χ4n) is 4.46. The maximum Gasteiger partial charge on any atom is 0.312 e. The van der Waals surface area contributed by atoms with Crippen LogP contribution >= 0.6 is 0 Å². The molecule has 1 saturated carbocycles. The number of halogens is 2. The van der Waals surface area contributed by atoms with E-state index >= 15 is 0 Å². The molecular formula is C21H28F2N2O3. The highest BCUT2D eigenvalue weighted by molar-refractivity contribution is 5.97. The number of benzene rings is 1. The number of para-hydroxylation sites is 1. The Hall–Kier alpha value is -2.02. The number of alkyl halides is 2. The first kappa shape index (κ1) is 20.7. The summed E-state index contributed by atoms with van der Waals surface area (Å²) in [4.78, 5) is 27.4. The van der Waals surface area contributed by atoms with Gasteiger partial charge in [0.05, 0.1) is 12.5 Å². The Kier molecular flexibility index (Phi) is 6.33. The normalized spacial score (nSPS) is 23.6. The number of carbonyl (C=O) groups excluding carboxylic acids is 2. The Morgan fingerprint density at radius 3 is 2.46 bits per heavy atom. The van der Waals surface area contributed by atoms with Gasteiger partial charge >= 0.3 is 5.97 Å². The largest absolute Gasteiger partial charge is 0.469 e. The van der Waals surface area contributed by atoms with Gasteiger partial charge < -0.3 is 15.0 Å². The van der Waals surface area contributed by atoms with E-state index in [4.69, 9.17) is 4.74 Å². The van der Waals surface area contributed by atoms with E-state index in [1.165, 1.54) is 12.0 Å². The number of carbonyl (C=O) groups is 2. The predicted molar refractivity (Wildman–Crippen MR) is 102 cm³/mol. The van der Waals surface area contributed by atoms with Gasteiger partial charge in [0, 0.05) is 31.0 Å². The summed E-state index contributed by atoms with van der Waals surface area (Å²) in [6.45, 7) is 1.24. The lowest BCUT2D eigenvalue weighted by molar-refractivity contribution is -0.157. The van der Waals surface area contributed by atoms with Crippen LogP contribution < -0.4 is 10.2 Å². The molecule has 3 rings (SSSR count). The molecule has 2 fully saturated rings. The van der Waals surface area contributed by atoms with Gasteiger partial charge in [0.1, 0.15) is 0 Å². The molecule has 1 aliphatic heterocycles. The SMILES string of the molecule is COC(=O)C1(CC(=O)N(c2ccccc2)[C@@H]2CCCC(F)(F)C2)CCNCC1. The average molecular weight is 394 g/mol. The van der Waals surface area contributed by atoms with Crippen molar-refractivity contribution in [1.82, 2.24) is 5.32 Å². The summed E-state index contributed by atoms with van der Waals surface area (Å²) in [6.07, 6.45) is 1.38. The van der Waals surface area contributed by atoms with Crippen molar-refractivity contribution in [2.45, 2.75) is 56.9 Å². The van der Waals surface area contributed by atoms with Gasteiger partial charge in [-0.3, -0.25) is 9.59 Å². The van der Waals surface area contributed by atoms with Crippen LogP contribution in [0.25, 0.3) is 0 Å². The number of hydrogen-bond acceptors (Lipinski definition) is 4. The zero-order chi connectivity index (χ0) is 20.2. The number of hydrogen-bond donors (Lipinski definition) is 1. The lowest BCUT2D eigenvalue weighted by Crippen LogP contribution is -2.50. The summed E-state index contributed by atoms with van der Waals surface area (Å²) in [5.41, 5.74) is -0.300. The van der Waals surface area contributed by atoms with E-state index in [-0.39, 0.29) is 25.2 Å². The number of nitrogens with one attached hydrogen (secondary N) is 1. The van der Waals surface area contributed by atoms with Crippen molar-refractivity contribution in [3.05, 3.63) is 30.3 Å². The first-order valence-electron chi connectivity index (χ1n) is 9.91. The number of esters is 1. The van der Waals surface area contributed by atoms with Crippen molar-refractivity contribution in [1.29, 1.82) is 0 Å². The summed E-state index contributed by atoms with van der Waals surface area (Å²) in [7, 11) is 1.33. The van der Waals surface area contributed by atoms with Gasteiger partial charge in [-0.1, -0.05) is 18.2 Å². The molecule has 2 aliphatic rings. The molecule has 1 saturated heterocycles. The third-order valence-corrected chi connectivity index (χ3v) is 5.95. The van der Waals surface area contributed by atoms with Crippen molar-refractivity contribution in [2.75, 3.05) is 25.1 Å². The van der Waals surface area contributed by atoms with Crippen molar-refractivity contribution in [2.24, 2.45) is 5.41 Å². The highest BCUT2D eigenvalue weighted by Gasteiger charge is 2.46. The summed E-state index contributed by atoms with van der Waals surface area (Å²) in [5.74, 6) is -3.46. The van der Waals surface area contributed by atoms with E-state index < -0.39 is 23.3 Å². The molecule has 1 amide bonds. The fourth-order valence-corrected chi connectivity index (χ4v) is 4.46. The Morgan fingerprint density at radius 2 is 1.86 bits per heavy atom. The van der Waals surface area contributed by atoms with Gasteiger partial charge in [0.25, 0.3) is 0 Å². The van der Waals surface area contributed by atoms with Gasteiger partial charge in [0.2, 0.25) is 11.8 Å². The highest BCUT2D eigenvalue weighted by atomic mass is 19.3. The summed E-state index contributed by atoms with van der Waals surface area (Å²) >= 11 is 0. The van der Waals surface area contributed by atoms with Gasteiger partial charge in [-0.15, -0.1) is 0 Å². The van der Waals surface area contributed by atoms with E-state index in [0.717, 1.165) is 0 Å². The second kappa shape index (κ2) is 8.55. The minimum Gasteiger partial charge on any atom is -0.469 e. The number of anilines is 1. The molecule has 0 bridgehead atoms. The minimum atomic E-state index is -2.77. The molecule has 28 heavy (non-hydrogen) atoms. The highest BCUT2D eigenvalue weighted by Crippen LogP contribution is 2.40. The van der Waals surface area contributed by atoms with Gasteiger partial charge in [-0.05, 0) is 50.9 Å². The van der Waals surface area contributed by atoms with Gasteiger partial charge in [-0.2, -0.15) is 0 Å². The fraction of sp³-hybridized carbons (Fsp3) is 0.619.